The Kier molecular flexibility index (Phi) is 5.82. The molecule has 1 aliphatic heterocycles. The topological polar surface area (TPSA) is 46.5 Å². The van der Waals surface area contributed by atoms with E-state index in [2.05, 4.69) is 40.3 Å². The van der Waals surface area contributed by atoms with Crippen molar-refractivity contribution in [2.24, 2.45) is 0 Å². The summed E-state index contributed by atoms with van der Waals surface area (Å²) in [6.07, 6.45) is 6.87. The summed E-state index contributed by atoms with van der Waals surface area (Å²) in [5, 5.41) is 4.47. The number of aryl methyl sites for hydroxylation is 1. The van der Waals surface area contributed by atoms with Crippen molar-refractivity contribution in [1.82, 2.24) is 14.8 Å². The summed E-state index contributed by atoms with van der Waals surface area (Å²) < 4.78 is 7.72. The maximum Gasteiger partial charge on any atom is 0.318 e. The number of urea groups is 1. The van der Waals surface area contributed by atoms with Crippen molar-refractivity contribution in [2.75, 3.05) is 7.11 Å². The fraction of sp³-hybridized carbons (Fsp3) is 0.276. The van der Waals surface area contributed by atoms with Gasteiger partial charge in [-0.2, -0.15) is 0 Å². The number of carbonyl (C=O) groups is 1. The standard InChI is InChI=1S/C29H29N3O2S/c1-34-22-15-13-21(14-16-22)27-25-11-7-17-31(25)28-24(23-10-5-6-12-26(23)35-28)19-32(27)29(33)30-18-20-8-3-2-4-9-20/h2-4,7-9,11,13-17,27H,5-6,10,12,18-19H2,1H3,(H,30,33). The van der Waals surface area contributed by atoms with Gasteiger partial charge in [0.15, 0.2) is 0 Å². The monoisotopic (exact) mass is 483 g/mol. The Morgan fingerprint density at radius 3 is 2.60 bits per heavy atom. The number of rotatable bonds is 4. The van der Waals surface area contributed by atoms with Gasteiger partial charge >= 0.3 is 6.03 Å². The lowest BCUT2D eigenvalue weighted by atomic mass is 9.95. The van der Waals surface area contributed by atoms with Crippen LogP contribution in [0, 0.1) is 0 Å². The molecule has 2 amide bonds. The van der Waals surface area contributed by atoms with E-state index in [0.717, 1.165) is 35.4 Å². The van der Waals surface area contributed by atoms with E-state index in [0.29, 0.717) is 13.1 Å². The average Bonchev–Trinajstić information content (AvgIpc) is 3.50. The van der Waals surface area contributed by atoms with Gasteiger partial charge in [-0.05, 0) is 66.6 Å². The van der Waals surface area contributed by atoms with Crippen LogP contribution in [0.25, 0.3) is 5.00 Å². The SMILES string of the molecule is COc1ccc(C2c3cccn3-c3sc4c(c3CN2C(=O)NCc2ccccc2)CCCC4)cc1. The zero-order valence-corrected chi connectivity index (χ0v) is 20.7. The molecule has 0 fully saturated rings. The van der Waals surface area contributed by atoms with Gasteiger partial charge in [-0.25, -0.2) is 4.79 Å². The molecule has 0 saturated heterocycles. The van der Waals surface area contributed by atoms with Gasteiger partial charge in [-0.3, -0.25) is 0 Å². The number of aromatic nitrogens is 1. The highest BCUT2D eigenvalue weighted by molar-refractivity contribution is 7.15. The number of benzene rings is 2. The Morgan fingerprint density at radius 1 is 1.00 bits per heavy atom. The van der Waals surface area contributed by atoms with Crippen molar-refractivity contribution >= 4 is 17.4 Å². The van der Waals surface area contributed by atoms with Crippen molar-refractivity contribution in [1.29, 1.82) is 0 Å². The van der Waals surface area contributed by atoms with Crippen molar-refractivity contribution in [3.8, 4) is 10.8 Å². The van der Waals surface area contributed by atoms with E-state index in [-0.39, 0.29) is 12.1 Å². The van der Waals surface area contributed by atoms with Gasteiger partial charge in [0, 0.05) is 23.2 Å². The predicted octanol–water partition coefficient (Wildman–Crippen LogP) is 6.24. The first-order valence-corrected chi connectivity index (χ1v) is 13.1. The molecule has 0 radical (unpaired) electrons. The number of nitrogens with zero attached hydrogens (tertiary/aromatic N) is 2. The van der Waals surface area contributed by atoms with E-state index in [9.17, 15) is 4.79 Å². The van der Waals surface area contributed by atoms with Gasteiger partial charge in [0.1, 0.15) is 10.8 Å². The van der Waals surface area contributed by atoms with Gasteiger partial charge in [0.25, 0.3) is 0 Å². The molecule has 4 aromatic rings. The molecule has 1 unspecified atom stereocenters. The molecule has 0 bridgehead atoms. The summed E-state index contributed by atoms with van der Waals surface area (Å²) in [4.78, 5) is 17.4. The Balaban J connectivity index is 1.44. The Bertz CT molecular complexity index is 1340. The highest BCUT2D eigenvalue weighted by Crippen LogP contribution is 2.44. The molecule has 5 nitrogen and oxygen atoms in total. The van der Waals surface area contributed by atoms with Crippen LogP contribution in [-0.4, -0.2) is 22.6 Å². The smallest absolute Gasteiger partial charge is 0.318 e. The lowest BCUT2D eigenvalue weighted by molar-refractivity contribution is 0.180. The molecule has 2 aromatic heterocycles. The van der Waals surface area contributed by atoms with E-state index in [4.69, 9.17) is 4.74 Å². The Labute approximate surface area is 210 Å². The van der Waals surface area contributed by atoms with Crippen LogP contribution in [0.15, 0.2) is 72.9 Å². The molecule has 6 heteroatoms. The molecule has 1 atom stereocenters. The Hall–Kier alpha value is -3.51. The number of ether oxygens (including phenoxy) is 1. The first-order chi connectivity index (χ1) is 17.2. The molecule has 1 aliphatic carbocycles. The average molecular weight is 484 g/mol. The van der Waals surface area contributed by atoms with Crippen LogP contribution in [-0.2, 0) is 25.9 Å². The number of carbonyl (C=O) groups excluding carboxylic acids is 1. The number of thiophene rings is 1. The third kappa shape index (κ3) is 4.02. The molecule has 2 aliphatic rings. The lowest BCUT2D eigenvalue weighted by Crippen LogP contribution is -2.41. The van der Waals surface area contributed by atoms with Crippen LogP contribution >= 0.6 is 11.3 Å². The predicted molar refractivity (Wildman–Crippen MR) is 139 cm³/mol. The second-order valence-electron chi connectivity index (χ2n) is 9.25. The minimum absolute atomic E-state index is 0.0500. The molecule has 3 heterocycles. The number of amides is 2. The number of hydrogen-bond donors (Lipinski definition) is 1. The minimum Gasteiger partial charge on any atom is -0.497 e. The minimum atomic E-state index is -0.203. The summed E-state index contributed by atoms with van der Waals surface area (Å²) in [6.45, 7) is 1.10. The molecule has 178 valence electrons. The van der Waals surface area contributed by atoms with E-state index in [1.165, 1.54) is 33.8 Å². The fourth-order valence-electron chi connectivity index (χ4n) is 5.40. The summed E-state index contributed by atoms with van der Waals surface area (Å²) in [5.74, 6) is 0.811. The highest BCUT2D eigenvalue weighted by Gasteiger charge is 2.36. The first-order valence-electron chi connectivity index (χ1n) is 12.3. The molecule has 1 N–H and O–H groups in total. The zero-order valence-electron chi connectivity index (χ0n) is 19.9. The summed E-state index contributed by atoms with van der Waals surface area (Å²) in [6, 6.07) is 22.2. The van der Waals surface area contributed by atoms with Gasteiger partial charge in [-0.15, -0.1) is 11.3 Å². The normalized spacial score (nSPS) is 16.6. The van der Waals surface area contributed by atoms with Crippen molar-refractivity contribution in [3.05, 3.63) is 106 Å². The van der Waals surface area contributed by atoms with Gasteiger partial charge in [0.2, 0.25) is 0 Å². The molecular formula is C29H29N3O2S. The molecular weight excluding hydrogens is 454 g/mol. The van der Waals surface area contributed by atoms with Crippen LogP contribution in [0.5, 0.6) is 5.75 Å². The van der Waals surface area contributed by atoms with Crippen molar-refractivity contribution in [2.45, 2.75) is 44.8 Å². The number of fused-ring (bicyclic) bond motifs is 5. The van der Waals surface area contributed by atoms with E-state index in [1.807, 2.05) is 58.7 Å². The summed E-state index contributed by atoms with van der Waals surface area (Å²) >= 11 is 1.91. The second-order valence-corrected chi connectivity index (χ2v) is 10.3. The summed E-state index contributed by atoms with van der Waals surface area (Å²) in [5.41, 5.74) is 6.06. The molecule has 2 aromatic carbocycles. The lowest BCUT2D eigenvalue weighted by Gasteiger charge is -2.31. The molecule has 35 heavy (non-hydrogen) atoms. The van der Waals surface area contributed by atoms with E-state index in [1.54, 1.807) is 7.11 Å². The third-order valence-electron chi connectivity index (χ3n) is 7.16. The first kappa shape index (κ1) is 22.0. The Morgan fingerprint density at radius 2 is 1.80 bits per heavy atom. The second kappa shape index (κ2) is 9.27. The fourth-order valence-corrected chi connectivity index (χ4v) is 6.80. The van der Waals surface area contributed by atoms with Crippen molar-refractivity contribution < 1.29 is 9.53 Å². The molecule has 0 saturated carbocycles. The number of nitrogens with one attached hydrogen (secondary N) is 1. The van der Waals surface area contributed by atoms with Crippen LogP contribution in [0.3, 0.4) is 0 Å². The van der Waals surface area contributed by atoms with Crippen molar-refractivity contribution in [3.63, 3.8) is 0 Å². The largest absolute Gasteiger partial charge is 0.497 e. The quantitative estimate of drug-likeness (QED) is 0.373. The van der Waals surface area contributed by atoms with E-state index >= 15 is 0 Å². The van der Waals surface area contributed by atoms with Gasteiger partial charge in [-0.1, -0.05) is 42.5 Å². The summed E-state index contributed by atoms with van der Waals surface area (Å²) in [7, 11) is 1.68. The van der Waals surface area contributed by atoms with Crippen LogP contribution in [0.2, 0.25) is 0 Å². The van der Waals surface area contributed by atoms with Gasteiger partial charge < -0.3 is 19.5 Å². The molecule has 6 rings (SSSR count). The highest BCUT2D eigenvalue weighted by atomic mass is 32.1. The number of methoxy groups -OCH3 is 1. The van der Waals surface area contributed by atoms with Crippen LogP contribution < -0.4 is 10.1 Å². The third-order valence-corrected chi connectivity index (χ3v) is 8.49. The molecule has 0 spiro atoms. The van der Waals surface area contributed by atoms with Crippen LogP contribution in [0.1, 0.15) is 51.7 Å². The maximum absolute atomic E-state index is 13.8. The van der Waals surface area contributed by atoms with E-state index < -0.39 is 0 Å². The number of hydrogen-bond acceptors (Lipinski definition) is 3. The van der Waals surface area contributed by atoms with Gasteiger partial charge in [0.05, 0.1) is 25.4 Å². The zero-order chi connectivity index (χ0) is 23.8. The maximum atomic E-state index is 13.8. The van der Waals surface area contributed by atoms with Crippen LogP contribution in [0.4, 0.5) is 4.79 Å².